The molecular weight excluding hydrogens is 484 g/mol. The van der Waals surface area contributed by atoms with Gasteiger partial charge in [0.25, 0.3) is 0 Å². The van der Waals surface area contributed by atoms with Crippen molar-refractivity contribution in [2.24, 2.45) is 0 Å². The first-order valence-electron chi connectivity index (χ1n) is 13.9. The first-order valence-corrected chi connectivity index (χ1v) is 13.9. The van der Waals surface area contributed by atoms with Gasteiger partial charge in [-0.25, -0.2) is 4.98 Å². The number of amides is 1. The lowest BCUT2D eigenvalue weighted by molar-refractivity contribution is -0.130. The van der Waals surface area contributed by atoms with Gasteiger partial charge in [0, 0.05) is 55.6 Å². The molecule has 0 saturated carbocycles. The third-order valence-electron chi connectivity index (χ3n) is 8.15. The van der Waals surface area contributed by atoms with Crippen molar-refractivity contribution in [3.8, 4) is 0 Å². The Bertz CT molecular complexity index is 1580. The van der Waals surface area contributed by atoms with Crippen molar-refractivity contribution in [1.82, 2.24) is 14.5 Å². The number of piperazine rings is 1. The second-order valence-corrected chi connectivity index (χ2v) is 10.7. The highest BCUT2D eigenvalue weighted by Crippen LogP contribution is 2.34. The Morgan fingerprint density at radius 2 is 1.74 bits per heavy atom. The molecule has 0 N–H and O–H groups in total. The van der Waals surface area contributed by atoms with Crippen LogP contribution in [0.25, 0.3) is 17.0 Å². The van der Waals surface area contributed by atoms with Crippen molar-refractivity contribution in [2.45, 2.75) is 39.7 Å². The molecule has 6 rings (SSSR count). The van der Waals surface area contributed by atoms with Gasteiger partial charge in [-0.1, -0.05) is 36.4 Å². The minimum absolute atomic E-state index is 0.00821. The molecular formula is C33H34N4O2. The fourth-order valence-electron chi connectivity index (χ4n) is 6.01. The van der Waals surface area contributed by atoms with Gasteiger partial charge < -0.3 is 14.4 Å². The van der Waals surface area contributed by atoms with Gasteiger partial charge >= 0.3 is 0 Å². The third kappa shape index (κ3) is 4.99. The van der Waals surface area contributed by atoms with Crippen molar-refractivity contribution >= 4 is 34.5 Å². The lowest BCUT2D eigenvalue weighted by atomic mass is 9.96. The summed E-state index contributed by atoms with van der Waals surface area (Å²) in [6.07, 6.45) is 7.71. The highest BCUT2D eigenvalue weighted by molar-refractivity contribution is 6.09. The second-order valence-electron chi connectivity index (χ2n) is 10.7. The van der Waals surface area contributed by atoms with Crippen LogP contribution < -0.4 is 4.90 Å². The molecule has 4 heterocycles. The summed E-state index contributed by atoms with van der Waals surface area (Å²) >= 11 is 0. The molecule has 6 nitrogen and oxygen atoms in total. The molecule has 0 radical (unpaired) electrons. The number of anilines is 1. The van der Waals surface area contributed by atoms with Crippen LogP contribution in [0.4, 0.5) is 5.82 Å². The Labute approximate surface area is 229 Å². The Balaban J connectivity index is 1.24. The van der Waals surface area contributed by atoms with Crippen LogP contribution in [0.1, 0.15) is 44.7 Å². The summed E-state index contributed by atoms with van der Waals surface area (Å²) in [5.74, 6) is 1.12. The number of ketones is 1. The minimum atomic E-state index is -0.00821. The Hall–Kier alpha value is -4.19. The van der Waals surface area contributed by atoms with Crippen molar-refractivity contribution in [2.75, 3.05) is 31.1 Å². The van der Waals surface area contributed by atoms with Gasteiger partial charge in [0.1, 0.15) is 5.82 Å². The molecule has 1 amide bonds. The van der Waals surface area contributed by atoms with E-state index >= 15 is 0 Å². The number of benzene rings is 2. The lowest BCUT2D eigenvalue weighted by Crippen LogP contribution is -2.49. The van der Waals surface area contributed by atoms with E-state index in [0.717, 1.165) is 60.5 Å². The van der Waals surface area contributed by atoms with Gasteiger partial charge in [0.15, 0.2) is 5.78 Å². The van der Waals surface area contributed by atoms with E-state index in [1.807, 2.05) is 59.6 Å². The average molecular weight is 519 g/mol. The van der Waals surface area contributed by atoms with Crippen molar-refractivity contribution < 1.29 is 9.59 Å². The van der Waals surface area contributed by atoms with Crippen molar-refractivity contribution in [3.63, 3.8) is 0 Å². The lowest BCUT2D eigenvalue weighted by Gasteiger charge is -2.35. The highest BCUT2D eigenvalue weighted by atomic mass is 16.2. The molecule has 198 valence electrons. The summed E-state index contributed by atoms with van der Waals surface area (Å²) in [5, 5.41) is 1.05. The smallest absolute Gasteiger partial charge is 0.227 e. The van der Waals surface area contributed by atoms with Crippen LogP contribution in [0.5, 0.6) is 0 Å². The summed E-state index contributed by atoms with van der Waals surface area (Å²) < 4.78 is 2.35. The molecule has 4 aromatic rings. The Morgan fingerprint density at radius 1 is 0.949 bits per heavy atom. The molecule has 0 atom stereocenters. The van der Waals surface area contributed by atoms with Gasteiger partial charge in [-0.15, -0.1) is 0 Å². The molecule has 2 aromatic heterocycles. The largest absolute Gasteiger partial charge is 0.353 e. The maximum atomic E-state index is 13.5. The third-order valence-corrected chi connectivity index (χ3v) is 8.15. The second kappa shape index (κ2) is 10.5. The highest BCUT2D eigenvalue weighted by Gasteiger charge is 2.27. The fraction of sp³-hybridized carbons (Fsp3) is 0.303. The molecule has 0 aliphatic carbocycles. The normalized spacial score (nSPS) is 15.3. The molecule has 2 aliphatic rings. The van der Waals surface area contributed by atoms with Crippen LogP contribution in [-0.4, -0.2) is 52.3 Å². The SMILES string of the molecule is Cc1ccnc(N2CCN(C(=O)Cc3c(C)n4c5c(cc(C(=O)/C=C/c6ccccc6)cc35)CCC4)CC2)c1. The van der Waals surface area contributed by atoms with Crippen molar-refractivity contribution in [1.29, 1.82) is 0 Å². The number of allylic oxidation sites excluding steroid dienone is 1. The number of carbonyl (C=O) groups excluding carboxylic acids is 2. The number of rotatable bonds is 6. The molecule has 0 unspecified atom stereocenters. The number of hydrogen-bond donors (Lipinski definition) is 0. The number of nitrogens with zero attached hydrogens (tertiary/aromatic N) is 4. The number of aromatic nitrogens is 2. The van der Waals surface area contributed by atoms with Crippen LogP contribution in [0.2, 0.25) is 0 Å². The van der Waals surface area contributed by atoms with E-state index in [0.29, 0.717) is 25.1 Å². The van der Waals surface area contributed by atoms with E-state index in [2.05, 4.69) is 40.4 Å². The van der Waals surface area contributed by atoms with Crippen LogP contribution in [0, 0.1) is 13.8 Å². The zero-order valence-electron chi connectivity index (χ0n) is 22.7. The summed E-state index contributed by atoms with van der Waals surface area (Å²) in [5.41, 5.74) is 7.48. The van der Waals surface area contributed by atoms with E-state index in [4.69, 9.17) is 0 Å². The number of hydrogen-bond acceptors (Lipinski definition) is 4. The standard InChI is InChI=1S/C33H34N4O2/c1-23-12-13-34-31(19-23)35-15-17-36(18-16-35)32(39)22-28-24(2)37-14-6-9-26-20-27(21-29(28)33(26)37)30(38)11-10-25-7-4-3-5-8-25/h3-5,7-8,10-13,19-21H,6,9,14-18,22H2,1-2H3/b11-10+. The fourth-order valence-corrected chi connectivity index (χ4v) is 6.01. The zero-order valence-corrected chi connectivity index (χ0v) is 22.7. The monoisotopic (exact) mass is 518 g/mol. The predicted octanol–water partition coefficient (Wildman–Crippen LogP) is 5.39. The predicted molar refractivity (Wildman–Crippen MR) is 156 cm³/mol. The first-order chi connectivity index (χ1) is 19.0. The van der Waals surface area contributed by atoms with E-state index in [-0.39, 0.29) is 11.7 Å². The topological polar surface area (TPSA) is 58.4 Å². The average Bonchev–Trinajstić information content (AvgIpc) is 3.24. The summed E-state index contributed by atoms with van der Waals surface area (Å²) in [6, 6.07) is 18.0. The van der Waals surface area contributed by atoms with Crippen LogP contribution >= 0.6 is 0 Å². The molecule has 2 aromatic carbocycles. The van der Waals surface area contributed by atoms with Gasteiger partial charge in [-0.2, -0.15) is 0 Å². The molecule has 0 bridgehead atoms. The molecule has 6 heteroatoms. The van der Waals surface area contributed by atoms with Gasteiger partial charge in [-0.3, -0.25) is 9.59 Å². The van der Waals surface area contributed by atoms with E-state index in [9.17, 15) is 9.59 Å². The molecule has 0 spiro atoms. The molecule has 1 saturated heterocycles. The summed E-state index contributed by atoms with van der Waals surface area (Å²) in [6.45, 7) is 8.07. The summed E-state index contributed by atoms with van der Waals surface area (Å²) in [4.78, 5) is 35.5. The molecule has 39 heavy (non-hydrogen) atoms. The van der Waals surface area contributed by atoms with Crippen LogP contribution in [-0.2, 0) is 24.2 Å². The van der Waals surface area contributed by atoms with Gasteiger partial charge in [0.05, 0.1) is 11.9 Å². The van der Waals surface area contributed by atoms with Crippen LogP contribution in [0.15, 0.2) is 66.9 Å². The maximum absolute atomic E-state index is 13.5. The Kier molecular flexibility index (Phi) is 6.77. The minimum Gasteiger partial charge on any atom is -0.353 e. The van der Waals surface area contributed by atoms with E-state index in [1.165, 1.54) is 16.6 Å². The quantitative estimate of drug-likeness (QED) is 0.254. The number of aryl methyl sites for hydroxylation is 3. The Morgan fingerprint density at radius 3 is 2.51 bits per heavy atom. The van der Waals surface area contributed by atoms with Gasteiger partial charge in [-0.05, 0) is 79.3 Å². The van der Waals surface area contributed by atoms with E-state index in [1.54, 1.807) is 6.08 Å². The van der Waals surface area contributed by atoms with Crippen molar-refractivity contribution in [3.05, 3.63) is 100 Å². The van der Waals surface area contributed by atoms with E-state index < -0.39 is 0 Å². The van der Waals surface area contributed by atoms with Crippen LogP contribution in [0.3, 0.4) is 0 Å². The zero-order chi connectivity index (χ0) is 26.9. The molecule has 2 aliphatic heterocycles. The number of pyridine rings is 1. The number of carbonyl (C=O) groups is 2. The molecule has 1 fully saturated rings. The van der Waals surface area contributed by atoms with Gasteiger partial charge in [0.2, 0.25) is 5.91 Å². The first kappa shape index (κ1) is 25.1. The maximum Gasteiger partial charge on any atom is 0.227 e. The summed E-state index contributed by atoms with van der Waals surface area (Å²) in [7, 11) is 0.